The Morgan fingerprint density at radius 3 is 2.36 bits per heavy atom. The molecule has 0 spiro atoms. The van der Waals surface area contributed by atoms with Gasteiger partial charge in [-0.15, -0.1) is 0 Å². The van der Waals surface area contributed by atoms with Gasteiger partial charge in [-0.25, -0.2) is 0 Å². The number of hydrogen-bond acceptors (Lipinski definition) is 3. The largest absolute Gasteiger partial charge is 0.348 e. The quantitative estimate of drug-likeness (QED) is 0.877. The van der Waals surface area contributed by atoms with Gasteiger partial charge in [-0.3, -0.25) is 9.59 Å². The van der Waals surface area contributed by atoms with E-state index in [2.05, 4.69) is 15.5 Å². The first-order chi connectivity index (χ1) is 10.5. The normalized spacial score (nSPS) is 16.8. The minimum Gasteiger partial charge on any atom is -0.348 e. The van der Waals surface area contributed by atoms with Gasteiger partial charge in [-0.2, -0.15) is 0 Å². The summed E-state index contributed by atoms with van der Waals surface area (Å²) in [4.78, 5) is 25.6. The van der Waals surface area contributed by atoms with Crippen LogP contribution in [0.3, 0.4) is 0 Å². The van der Waals surface area contributed by atoms with E-state index in [-0.39, 0.29) is 17.9 Å². The van der Waals surface area contributed by atoms with Crippen LogP contribution in [0.1, 0.15) is 43.5 Å². The second kappa shape index (κ2) is 7.94. The van der Waals surface area contributed by atoms with Gasteiger partial charge >= 0.3 is 0 Å². The van der Waals surface area contributed by atoms with Crippen LogP contribution in [0.25, 0.3) is 0 Å². The molecule has 1 aromatic carbocycles. The number of piperidine rings is 1. The van der Waals surface area contributed by atoms with E-state index in [1.807, 2.05) is 6.92 Å². The molecule has 5 nitrogen and oxygen atoms in total. The molecule has 1 unspecified atom stereocenters. The Morgan fingerprint density at radius 1 is 1.14 bits per heavy atom. The van der Waals surface area contributed by atoms with Gasteiger partial charge in [0.15, 0.2) is 0 Å². The average Bonchev–Trinajstić information content (AvgIpc) is 2.48. The molecule has 1 saturated heterocycles. The number of nitrogens with one attached hydrogen (secondary N) is 2. The van der Waals surface area contributed by atoms with Gasteiger partial charge in [0.05, 0.1) is 0 Å². The fraction of sp³-hybridized carbons (Fsp3) is 0.529. The van der Waals surface area contributed by atoms with Crippen molar-refractivity contribution in [3.63, 3.8) is 0 Å². The lowest BCUT2D eigenvalue weighted by Gasteiger charge is -2.29. The second-order valence-electron chi connectivity index (χ2n) is 5.99. The summed E-state index contributed by atoms with van der Waals surface area (Å²) >= 11 is 0. The molecule has 22 heavy (non-hydrogen) atoms. The van der Waals surface area contributed by atoms with E-state index in [9.17, 15) is 9.59 Å². The van der Waals surface area contributed by atoms with Crippen LogP contribution in [0.4, 0.5) is 5.69 Å². The van der Waals surface area contributed by atoms with Crippen molar-refractivity contribution in [1.82, 2.24) is 10.2 Å². The summed E-state index contributed by atoms with van der Waals surface area (Å²) < 4.78 is 0. The minimum atomic E-state index is -0.118. The minimum absolute atomic E-state index is 0.0705. The molecule has 1 heterocycles. The zero-order chi connectivity index (χ0) is 15.9. The molecule has 5 heteroatoms. The number of nitrogens with zero attached hydrogens (tertiary/aromatic N) is 1. The zero-order valence-corrected chi connectivity index (χ0v) is 13.4. The van der Waals surface area contributed by atoms with Gasteiger partial charge in [0.25, 0.3) is 5.91 Å². The van der Waals surface area contributed by atoms with E-state index in [1.165, 1.54) is 26.2 Å². The van der Waals surface area contributed by atoms with Gasteiger partial charge in [0, 0.05) is 30.8 Å². The second-order valence-corrected chi connectivity index (χ2v) is 5.99. The molecule has 0 aliphatic carbocycles. The van der Waals surface area contributed by atoms with Crippen molar-refractivity contribution >= 4 is 17.5 Å². The maximum atomic E-state index is 12.2. The molecule has 1 aromatic rings. The summed E-state index contributed by atoms with van der Waals surface area (Å²) in [5.74, 6) is -0.189. The van der Waals surface area contributed by atoms with Gasteiger partial charge in [0.2, 0.25) is 5.91 Å². The fourth-order valence-corrected chi connectivity index (χ4v) is 2.79. The Bertz CT molecular complexity index is 507. The van der Waals surface area contributed by atoms with E-state index in [4.69, 9.17) is 0 Å². The lowest BCUT2D eigenvalue weighted by molar-refractivity contribution is -0.114. The molecule has 0 bridgehead atoms. The summed E-state index contributed by atoms with van der Waals surface area (Å²) in [6.07, 6.45) is 3.83. The average molecular weight is 303 g/mol. The zero-order valence-electron chi connectivity index (χ0n) is 13.4. The van der Waals surface area contributed by atoms with Gasteiger partial charge in [0.1, 0.15) is 0 Å². The molecular formula is C17H25N3O2. The highest BCUT2D eigenvalue weighted by Gasteiger charge is 2.15. The van der Waals surface area contributed by atoms with E-state index < -0.39 is 0 Å². The van der Waals surface area contributed by atoms with Crippen molar-refractivity contribution in [2.75, 3.05) is 25.0 Å². The Kier molecular flexibility index (Phi) is 5.95. The third kappa shape index (κ3) is 5.15. The summed E-state index contributed by atoms with van der Waals surface area (Å²) in [5, 5.41) is 5.72. The molecule has 1 atom stereocenters. The smallest absolute Gasteiger partial charge is 0.251 e. The predicted molar refractivity (Wildman–Crippen MR) is 88.0 cm³/mol. The topological polar surface area (TPSA) is 61.4 Å². The van der Waals surface area contributed by atoms with Crippen LogP contribution in [-0.4, -0.2) is 42.4 Å². The Morgan fingerprint density at radius 2 is 1.77 bits per heavy atom. The standard InChI is InChI=1S/C17H25N3O2/c1-13(12-20-10-4-3-5-11-20)18-17(22)15-6-8-16(9-7-15)19-14(2)21/h6-9,13H,3-5,10-12H2,1-2H3,(H,18,22)(H,19,21). The van der Waals surface area contributed by atoms with Crippen molar-refractivity contribution in [1.29, 1.82) is 0 Å². The monoisotopic (exact) mass is 303 g/mol. The maximum Gasteiger partial charge on any atom is 0.251 e. The number of benzene rings is 1. The predicted octanol–water partition coefficient (Wildman–Crippen LogP) is 2.25. The lowest BCUT2D eigenvalue weighted by atomic mass is 10.1. The molecule has 2 amide bonds. The SMILES string of the molecule is CC(=O)Nc1ccc(C(=O)NC(C)CN2CCCCC2)cc1. The van der Waals surface area contributed by atoms with E-state index >= 15 is 0 Å². The van der Waals surface area contributed by atoms with Crippen LogP contribution < -0.4 is 10.6 Å². The maximum absolute atomic E-state index is 12.2. The van der Waals surface area contributed by atoms with Gasteiger partial charge in [-0.05, 0) is 57.1 Å². The van der Waals surface area contributed by atoms with Crippen LogP contribution in [0.5, 0.6) is 0 Å². The van der Waals surface area contributed by atoms with E-state index in [1.54, 1.807) is 24.3 Å². The molecule has 2 rings (SSSR count). The van der Waals surface area contributed by atoms with Crippen molar-refractivity contribution in [2.24, 2.45) is 0 Å². The Hall–Kier alpha value is -1.88. The third-order valence-corrected chi connectivity index (χ3v) is 3.83. The summed E-state index contributed by atoms with van der Waals surface area (Å²) in [5.41, 5.74) is 1.31. The van der Waals surface area contributed by atoms with E-state index in [0.29, 0.717) is 11.3 Å². The van der Waals surface area contributed by atoms with Crippen LogP contribution in [-0.2, 0) is 4.79 Å². The Balaban J connectivity index is 1.84. The molecule has 1 fully saturated rings. The third-order valence-electron chi connectivity index (χ3n) is 3.83. The summed E-state index contributed by atoms with van der Waals surface area (Å²) in [6, 6.07) is 7.07. The van der Waals surface area contributed by atoms with Crippen molar-refractivity contribution in [2.45, 2.75) is 39.2 Å². The molecule has 0 saturated carbocycles. The molecule has 1 aliphatic heterocycles. The highest BCUT2D eigenvalue weighted by molar-refractivity contribution is 5.95. The fourth-order valence-electron chi connectivity index (χ4n) is 2.79. The summed E-state index contributed by atoms with van der Waals surface area (Å²) in [6.45, 7) is 6.66. The molecule has 0 radical (unpaired) electrons. The van der Waals surface area contributed by atoms with Crippen LogP contribution in [0.2, 0.25) is 0 Å². The first-order valence-electron chi connectivity index (χ1n) is 7.95. The lowest BCUT2D eigenvalue weighted by Crippen LogP contribution is -2.43. The van der Waals surface area contributed by atoms with Crippen LogP contribution in [0.15, 0.2) is 24.3 Å². The molecule has 0 aromatic heterocycles. The number of rotatable bonds is 5. The number of carbonyl (C=O) groups excluding carboxylic acids is 2. The molecular weight excluding hydrogens is 278 g/mol. The van der Waals surface area contributed by atoms with Crippen molar-refractivity contribution < 1.29 is 9.59 Å². The van der Waals surface area contributed by atoms with Crippen molar-refractivity contribution in [3.05, 3.63) is 29.8 Å². The molecule has 1 aliphatic rings. The number of likely N-dealkylation sites (tertiary alicyclic amines) is 1. The molecule has 2 N–H and O–H groups in total. The number of carbonyl (C=O) groups is 2. The van der Waals surface area contributed by atoms with Gasteiger partial charge < -0.3 is 15.5 Å². The van der Waals surface area contributed by atoms with E-state index in [0.717, 1.165) is 19.6 Å². The molecule has 120 valence electrons. The number of anilines is 1. The first-order valence-corrected chi connectivity index (χ1v) is 7.95. The summed E-state index contributed by atoms with van der Waals surface area (Å²) in [7, 11) is 0. The van der Waals surface area contributed by atoms with Crippen molar-refractivity contribution in [3.8, 4) is 0 Å². The van der Waals surface area contributed by atoms with Gasteiger partial charge in [-0.1, -0.05) is 6.42 Å². The van der Waals surface area contributed by atoms with Crippen LogP contribution in [0, 0.1) is 0 Å². The highest BCUT2D eigenvalue weighted by atomic mass is 16.2. The Labute approximate surface area is 132 Å². The highest BCUT2D eigenvalue weighted by Crippen LogP contribution is 2.11. The first kappa shape index (κ1) is 16.5. The number of amides is 2. The van der Waals surface area contributed by atoms with Crippen LogP contribution >= 0.6 is 0 Å². The number of hydrogen-bond donors (Lipinski definition) is 2.